The zero-order valence-electron chi connectivity index (χ0n) is 11.3. The topological polar surface area (TPSA) is 47.2 Å². The molecule has 2 rings (SSSR count). The third-order valence-electron chi connectivity index (χ3n) is 3.79. The molecule has 1 aromatic rings. The molecule has 0 aliphatic heterocycles. The molecule has 100 valence electrons. The summed E-state index contributed by atoms with van der Waals surface area (Å²) in [6.45, 7) is 0. The van der Waals surface area contributed by atoms with Crippen LogP contribution in [-0.2, 0) is 7.05 Å². The molecular weight excluding hydrogens is 230 g/mol. The van der Waals surface area contributed by atoms with Crippen LogP contribution in [0.3, 0.4) is 0 Å². The number of hydrogen-bond acceptors (Lipinski definition) is 3. The van der Waals surface area contributed by atoms with E-state index in [1.54, 1.807) is 7.05 Å². The molecule has 1 aromatic heterocycles. The van der Waals surface area contributed by atoms with Crippen LogP contribution < -0.4 is 10.6 Å². The summed E-state index contributed by atoms with van der Waals surface area (Å²) in [6, 6.07) is 0.239. The quantitative estimate of drug-likeness (QED) is 0.766. The second-order valence-corrected chi connectivity index (χ2v) is 5.22. The second kappa shape index (κ2) is 5.00. The van der Waals surface area contributed by atoms with Gasteiger partial charge in [0.2, 0.25) is 0 Å². The van der Waals surface area contributed by atoms with Gasteiger partial charge in [-0.2, -0.15) is 0 Å². The lowest BCUT2D eigenvalue weighted by atomic mass is 9.95. The lowest BCUT2D eigenvalue weighted by Crippen LogP contribution is -2.29. The summed E-state index contributed by atoms with van der Waals surface area (Å²) >= 11 is 0. The minimum atomic E-state index is -0.0762. The Morgan fingerprint density at radius 1 is 1.22 bits per heavy atom. The molecule has 0 unspecified atom stereocenters. The van der Waals surface area contributed by atoms with Crippen LogP contribution in [0.15, 0.2) is 4.79 Å². The predicted molar refractivity (Wildman–Crippen MR) is 71.5 cm³/mol. The van der Waals surface area contributed by atoms with Gasteiger partial charge < -0.3 is 4.90 Å². The first-order chi connectivity index (χ1) is 8.57. The lowest BCUT2D eigenvalue weighted by molar-refractivity contribution is 0.111. The third-order valence-corrected chi connectivity index (χ3v) is 3.79. The van der Waals surface area contributed by atoms with Crippen LogP contribution >= 0.6 is 0 Å². The van der Waals surface area contributed by atoms with Crippen molar-refractivity contribution < 1.29 is 4.79 Å². The monoisotopic (exact) mass is 251 g/mol. The van der Waals surface area contributed by atoms with Gasteiger partial charge in [0.15, 0.2) is 6.29 Å². The number of aldehydes is 1. The highest BCUT2D eigenvalue weighted by Crippen LogP contribution is 2.31. The Morgan fingerprint density at radius 3 is 2.33 bits per heavy atom. The predicted octanol–water partition coefficient (Wildman–Crippen LogP) is 1.57. The van der Waals surface area contributed by atoms with E-state index in [0.717, 1.165) is 37.8 Å². The molecule has 1 saturated carbocycles. The maximum Gasteiger partial charge on any atom is 0.330 e. The van der Waals surface area contributed by atoms with Gasteiger partial charge in [-0.3, -0.25) is 13.9 Å². The Morgan fingerprint density at radius 2 is 1.83 bits per heavy atom. The van der Waals surface area contributed by atoms with Crippen LogP contribution in [0.4, 0.5) is 5.82 Å². The van der Waals surface area contributed by atoms with Crippen LogP contribution in [0.2, 0.25) is 0 Å². The number of nitrogens with zero attached hydrogens (tertiary/aromatic N) is 3. The van der Waals surface area contributed by atoms with Crippen molar-refractivity contribution in [3.05, 3.63) is 16.2 Å². The van der Waals surface area contributed by atoms with Crippen molar-refractivity contribution in [3.8, 4) is 0 Å². The van der Waals surface area contributed by atoms with Gasteiger partial charge in [-0.05, 0) is 12.8 Å². The lowest BCUT2D eigenvalue weighted by Gasteiger charge is -2.26. The highest BCUT2D eigenvalue weighted by molar-refractivity contribution is 5.80. The number of carbonyl (C=O) groups is 1. The zero-order chi connectivity index (χ0) is 13.3. The normalized spacial score (nSPS) is 16.8. The van der Waals surface area contributed by atoms with E-state index in [4.69, 9.17) is 0 Å². The zero-order valence-corrected chi connectivity index (χ0v) is 11.3. The Bertz CT molecular complexity index is 493. The van der Waals surface area contributed by atoms with E-state index in [0.29, 0.717) is 5.69 Å². The van der Waals surface area contributed by atoms with Crippen molar-refractivity contribution in [2.45, 2.75) is 38.1 Å². The number of imidazole rings is 1. The fourth-order valence-corrected chi connectivity index (χ4v) is 2.87. The SMILES string of the molecule is CN(C)c1c(C=O)n(C)c(=O)n1C1CCCCC1. The van der Waals surface area contributed by atoms with Crippen LogP contribution in [-0.4, -0.2) is 29.5 Å². The van der Waals surface area contributed by atoms with Gasteiger partial charge in [0, 0.05) is 27.2 Å². The van der Waals surface area contributed by atoms with Crippen molar-refractivity contribution in [3.63, 3.8) is 0 Å². The Kier molecular flexibility index (Phi) is 3.59. The summed E-state index contributed by atoms with van der Waals surface area (Å²) in [5.41, 5.74) is 0.392. The maximum atomic E-state index is 12.3. The molecule has 0 atom stereocenters. The molecule has 0 spiro atoms. The summed E-state index contributed by atoms with van der Waals surface area (Å²) < 4.78 is 3.26. The second-order valence-electron chi connectivity index (χ2n) is 5.22. The molecule has 0 saturated heterocycles. The van der Waals surface area contributed by atoms with E-state index in [1.165, 1.54) is 11.0 Å². The number of carbonyl (C=O) groups excluding carboxylic acids is 1. The van der Waals surface area contributed by atoms with Gasteiger partial charge in [-0.1, -0.05) is 19.3 Å². The van der Waals surface area contributed by atoms with Gasteiger partial charge in [0.1, 0.15) is 11.5 Å². The summed E-state index contributed by atoms with van der Waals surface area (Å²) in [6.07, 6.45) is 6.41. The molecular formula is C13H21N3O2. The van der Waals surface area contributed by atoms with Crippen molar-refractivity contribution >= 4 is 12.1 Å². The molecule has 0 bridgehead atoms. The van der Waals surface area contributed by atoms with Crippen molar-refractivity contribution in [1.82, 2.24) is 9.13 Å². The molecule has 18 heavy (non-hydrogen) atoms. The first kappa shape index (κ1) is 12.9. The number of aromatic nitrogens is 2. The van der Waals surface area contributed by atoms with Crippen molar-refractivity contribution in [2.75, 3.05) is 19.0 Å². The molecule has 5 nitrogen and oxygen atoms in total. The van der Waals surface area contributed by atoms with Gasteiger partial charge >= 0.3 is 5.69 Å². The summed E-state index contributed by atoms with van der Waals surface area (Å²) in [5.74, 6) is 0.740. The fourth-order valence-electron chi connectivity index (χ4n) is 2.87. The van der Waals surface area contributed by atoms with Crippen molar-refractivity contribution in [1.29, 1.82) is 0 Å². The molecule has 0 aromatic carbocycles. The molecule has 1 aliphatic carbocycles. The number of hydrogen-bond donors (Lipinski definition) is 0. The Balaban J connectivity index is 2.57. The van der Waals surface area contributed by atoms with E-state index >= 15 is 0 Å². The number of anilines is 1. The molecule has 1 heterocycles. The molecule has 1 fully saturated rings. The molecule has 0 radical (unpaired) electrons. The Hall–Kier alpha value is -1.52. The fraction of sp³-hybridized carbons (Fsp3) is 0.692. The molecule has 0 N–H and O–H groups in total. The van der Waals surface area contributed by atoms with Crippen molar-refractivity contribution in [2.24, 2.45) is 7.05 Å². The minimum Gasteiger partial charge on any atom is -0.362 e. The smallest absolute Gasteiger partial charge is 0.330 e. The highest BCUT2D eigenvalue weighted by Gasteiger charge is 2.25. The number of rotatable bonds is 3. The average molecular weight is 251 g/mol. The first-order valence-electron chi connectivity index (χ1n) is 6.51. The summed E-state index contributed by atoms with van der Waals surface area (Å²) in [4.78, 5) is 25.4. The Labute approximate surface area is 107 Å². The molecule has 0 amide bonds. The highest BCUT2D eigenvalue weighted by atomic mass is 16.2. The van der Waals surface area contributed by atoms with E-state index in [2.05, 4.69) is 0 Å². The molecule has 1 aliphatic rings. The first-order valence-corrected chi connectivity index (χ1v) is 6.51. The van der Waals surface area contributed by atoms with Gasteiger partial charge in [0.05, 0.1) is 0 Å². The van der Waals surface area contributed by atoms with Crippen LogP contribution in [0, 0.1) is 0 Å². The molecule has 5 heteroatoms. The standard InChI is InChI=1S/C13H21N3O2/c1-14(2)12-11(9-17)15(3)13(18)16(12)10-7-5-4-6-8-10/h9-10H,4-8H2,1-3H3. The maximum absolute atomic E-state index is 12.3. The van der Waals surface area contributed by atoms with E-state index in [1.807, 2.05) is 23.6 Å². The van der Waals surface area contributed by atoms with E-state index in [9.17, 15) is 9.59 Å². The third kappa shape index (κ3) is 1.98. The average Bonchev–Trinajstić information content (AvgIpc) is 2.63. The summed E-state index contributed by atoms with van der Waals surface area (Å²) in [7, 11) is 5.42. The minimum absolute atomic E-state index is 0.0762. The van der Waals surface area contributed by atoms with Gasteiger partial charge in [-0.15, -0.1) is 0 Å². The van der Waals surface area contributed by atoms with Crippen LogP contribution in [0.5, 0.6) is 0 Å². The van der Waals surface area contributed by atoms with Crippen LogP contribution in [0.1, 0.15) is 48.6 Å². The van der Waals surface area contributed by atoms with Gasteiger partial charge in [-0.25, -0.2) is 4.79 Å². The van der Waals surface area contributed by atoms with E-state index in [-0.39, 0.29) is 11.7 Å². The van der Waals surface area contributed by atoms with Gasteiger partial charge in [0.25, 0.3) is 0 Å². The largest absolute Gasteiger partial charge is 0.362 e. The van der Waals surface area contributed by atoms with E-state index < -0.39 is 0 Å². The summed E-state index contributed by atoms with van der Waals surface area (Å²) in [5, 5.41) is 0. The van der Waals surface area contributed by atoms with Crippen LogP contribution in [0.25, 0.3) is 0 Å².